The highest BCUT2D eigenvalue weighted by atomic mass is 16.3. The first-order valence-electron chi connectivity index (χ1n) is 10.5. The van der Waals surface area contributed by atoms with Crippen molar-refractivity contribution in [1.29, 1.82) is 0 Å². The fourth-order valence-corrected chi connectivity index (χ4v) is 5.09. The van der Waals surface area contributed by atoms with Crippen LogP contribution in [0.4, 0.5) is 0 Å². The summed E-state index contributed by atoms with van der Waals surface area (Å²) >= 11 is 0. The Kier molecular flexibility index (Phi) is 5.00. The smallest absolute Gasteiger partial charge is 0.165 e. The molecule has 3 aliphatic rings. The summed E-state index contributed by atoms with van der Waals surface area (Å²) in [6.07, 6.45) is -0.420. The van der Waals surface area contributed by atoms with E-state index in [0.717, 1.165) is 34.2 Å². The second kappa shape index (κ2) is 7.23. The van der Waals surface area contributed by atoms with Crippen LogP contribution in [0.25, 0.3) is 0 Å². The molecular weight excluding hydrogens is 360 g/mol. The molecule has 3 nitrogen and oxygen atoms in total. The maximum absolute atomic E-state index is 13.3. The van der Waals surface area contributed by atoms with Gasteiger partial charge in [-0.05, 0) is 49.1 Å². The van der Waals surface area contributed by atoms with Gasteiger partial charge < -0.3 is 10.2 Å². The summed E-state index contributed by atoms with van der Waals surface area (Å²) in [6, 6.07) is 15.6. The molecule has 5 rings (SSSR count). The minimum absolute atomic E-state index is 0.0390. The molecule has 1 saturated carbocycles. The van der Waals surface area contributed by atoms with Gasteiger partial charge in [0.1, 0.15) is 6.10 Å². The molecule has 3 aliphatic carbocycles. The van der Waals surface area contributed by atoms with E-state index in [1.165, 1.54) is 0 Å². The molecule has 0 aliphatic heterocycles. The number of hydrogen-bond acceptors (Lipinski definition) is 3. The van der Waals surface area contributed by atoms with Crippen molar-refractivity contribution in [3.8, 4) is 0 Å². The number of benzene rings is 2. The van der Waals surface area contributed by atoms with E-state index in [9.17, 15) is 15.0 Å². The molecule has 0 spiro atoms. The largest absolute Gasteiger partial charge is 0.388 e. The monoisotopic (exact) mass is 390 g/mol. The summed E-state index contributed by atoms with van der Waals surface area (Å²) in [7, 11) is 0. The van der Waals surface area contributed by atoms with Crippen molar-refractivity contribution in [2.24, 2.45) is 17.3 Å². The Balaban J connectivity index is 1.73. The molecular formula is C26H30O3. The van der Waals surface area contributed by atoms with E-state index in [4.69, 9.17) is 0 Å². The zero-order valence-corrected chi connectivity index (χ0v) is 17.6. The Morgan fingerprint density at radius 2 is 1.41 bits per heavy atom. The summed E-state index contributed by atoms with van der Waals surface area (Å²) in [5.41, 5.74) is 5.18. The van der Waals surface area contributed by atoms with E-state index in [1.807, 2.05) is 62.4 Å². The number of ketones is 1. The number of fused-ring (bicyclic) bond motifs is 1. The minimum Gasteiger partial charge on any atom is -0.388 e. The fraction of sp³-hybridized carbons (Fsp3) is 0.423. The number of aliphatic hydroxyl groups is 2. The van der Waals surface area contributed by atoms with Crippen LogP contribution in [0.2, 0.25) is 0 Å². The molecule has 0 radical (unpaired) electrons. The number of Topliss-reactive ketones (excluding diaryl/α,β-unsaturated/α-hetero) is 1. The lowest BCUT2D eigenvalue weighted by molar-refractivity contribution is -0.137. The highest BCUT2D eigenvalue weighted by Crippen LogP contribution is 2.62. The van der Waals surface area contributed by atoms with E-state index in [0.29, 0.717) is 12.0 Å². The van der Waals surface area contributed by atoms with Crippen LogP contribution in [-0.4, -0.2) is 16.0 Å². The highest BCUT2D eigenvalue weighted by Gasteiger charge is 2.58. The van der Waals surface area contributed by atoms with Gasteiger partial charge in [0, 0.05) is 11.5 Å². The third-order valence-corrected chi connectivity index (χ3v) is 7.16. The van der Waals surface area contributed by atoms with E-state index in [-0.39, 0.29) is 23.0 Å². The third kappa shape index (κ3) is 3.37. The molecule has 2 aromatic carbocycles. The lowest BCUT2D eigenvalue weighted by Crippen LogP contribution is -2.55. The molecule has 0 aromatic heterocycles. The van der Waals surface area contributed by atoms with Gasteiger partial charge in [-0.2, -0.15) is 0 Å². The molecule has 0 heterocycles. The lowest BCUT2D eigenvalue weighted by atomic mass is 9.46. The van der Waals surface area contributed by atoms with Gasteiger partial charge in [-0.3, -0.25) is 4.79 Å². The maximum Gasteiger partial charge on any atom is 0.165 e. The van der Waals surface area contributed by atoms with E-state index >= 15 is 0 Å². The molecule has 0 amide bonds. The first-order chi connectivity index (χ1) is 13.7. The molecule has 3 heteroatoms. The average Bonchev–Trinajstić information content (AvgIpc) is 2.68. The van der Waals surface area contributed by atoms with Crippen molar-refractivity contribution in [2.45, 2.75) is 52.7 Å². The van der Waals surface area contributed by atoms with Crippen molar-refractivity contribution >= 4 is 5.78 Å². The predicted octanol–water partition coefficient (Wildman–Crippen LogP) is 5.00. The Labute approximate surface area is 173 Å². The van der Waals surface area contributed by atoms with Gasteiger partial charge in [0.25, 0.3) is 0 Å². The number of carbonyl (C=O) groups is 1. The normalized spacial score (nSPS) is 24.8. The van der Waals surface area contributed by atoms with Crippen LogP contribution in [0.3, 0.4) is 0 Å². The van der Waals surface area contributed by atoms with Crippen LogP contribution >= 0.6 is 0 Å². The Hall–Kier alpha value is -2.23. The maximum atomic E-state index is 13.3. The molecule has 29 heavy (non-hydrogen) atoms. The van der Waals surface area contributed by atoms with Gasteiger partial charge in [-0.15, -0.1) is 0 Å². The summed E-state index contributed by atoms with van der Waals surface area (Å²) in [5.74, 6) is 0.236. The van der Waals surface area contributed by atoms with Crippen LogP contribution in [0, 0.1) is 31.1 Å². The van der Waals surface area contributed by atoms with E-state index in [1.54, 1.807) is 0 Å². The number of rotatable bonds is 5. The second-order valence-electron chi connectivity index (χ2n) is 9.41. The standard InChI is InChI=1S/C26H30O3/c1-15-5-9-17(10-6-15)22(27)13-19-20-14-21(26(20,3)4)25(29)23(19)24(28)18-11-7-16(2)8-12-18/h5-12,20-22,24,27-28H,13-14H2,1-4H3/t20-,21+,22?,24?/m1/s1. The highest BCUT2D eigenvalue weighted by molar-refractivity contribution is 6.02. The molecule has 2 unspecified atom stereocenters. The zero-order valence-electron chi connectivity index (χ0n) is 17.6. The number of aryl methyl sites for hydroxylation is 2. The molecule has 2 aromatic rings. The van der Waals surface area contributed by atoms with Crippen LogP contribution in [-0.2, 0) is 4.79 Å². The van der Waals surface area contributed by atoms with Crippen molar-refractivity contribution in [2.75, 3.05) is 0 Å². The Bertz CT molecular complexity index is 950. The van der Waals surface area contributed by atoms with E-state index in [2.05, 4.69) is 13.8 Å². The van der Waals surface area contributed by atoms with Gasteiger partial charge in [0.15, 0.2) is 5.78 Å². The summed E-state index contributed by atoms with van der Waals surface area (Å²) < 4.78 is 0. The first-order valence-corrected chi connectivity index (χ1v) is 10.5. The fourth-order valence-electron chi connectivity index (χ4n) is 5.09. The minimum atomic E-state index is -0.940. The van der Waals surface area contributed by atoms with Gasteiger partial charge >= 0.3 is 0 Å². The molecule has 152 valence electrons. The number of carbonyl (C=O) groups excluding carboxylic acids is 1. The van der Waals surface area contributed by atoms with Crippen molar-refractivity contribution in [3.63, 3.8) is 0 Å². The lowest BCUT2D eigenvalue weighted by Gasteiger charge is -2.57. The average molecular weight is 391 g/mol. The van der Waals surface area contributed by atoms with E-state index < -0.39 is 12.2 Å². The predicted molar refractivity (Wildman–Crippen MR) is 114 cm³/mol. The first kappa shape index (κ1) is 20.1. The van der Waals surface area contributed by atoms with Crippen molar-refractivity contribution in [1.82, 2.24) is 0 Å². The van der Waals surface area contributed by atoms with Crippen LogP contribution in [0.15, 0.2) is 59.7 Å². The number of hydrogen-bond donors (Lipinski definition) is 2. The van der Waals surface area contributed by atoms with Gasteiger partial charge in [-0.25, -0.2) is 0 Å². The quantitative estimate of drug-likeness (QED) is 0.755. The zero-order chi connectivity index (χ0) is 20.9. The third-order valence-electron chi connectivity index (χ3n) is 7.16. The molecule has 2 N–H and O–H groups in total. The number of aliphatic hydroxyl groups excluding tert-OH is 2. The summed E-state index contributed by atoms with van der Waals surface area (Å²) in [5, 5.41) is 22.1. The van der Waals surface area contributed by atoms with Gasteiger partial charge in [-0.1, -0.05) is 79.1 Å². The van der Waals surface area contributed by atoms with Gasteiger partial charge in [0.2, 0.25) is 0 Å². The summed E-state index contributed by atoms with van der Waals surface area (Å²) in [4.78, 5) is 13.3. The van der Waals surface area contributed by atoms with Gasteiger partial charge in [0.05, 0.1) is 6.10 Å². The Morgan fingerprint density at radius 1 is 0.897 bits per heavy atom. The topological polar surface area (TPSA) is 57.5 Å². The van der Waals surface area contributed by atoms with Crippen LogP contribution in [0.1, 0.15) is 61.2 Å². The molecule has 4 atom stereocenters. The molecule has 0 saturated heterocycles. The SMILES string of the molecule is Cc1ccc(C(O)CC2=C(C(O)c3ccc(C)cc3)C(=O)[C@@H]3C[C@H]2C3(C)C)cc1. The summed E-state index contributed by atoms with van der Waals surface area (Å²) in [6.45, 7) is 8.29. The molecule has 1 fully saturated rings. The second-order valence-corrected chi connectivity index (χ2v) is 9.41. The Morgan fingerprint density at radius 3 is 1.93 bits per heavy atom. The van der Waals surface area contributed by atoms with Crippen LogP contribution in [0.5, 0.6) is 0 Å². The van der Waals surface area contributed by atoms with Crippen molar-refractivity contribution < 1.29 is 15.0 Å². The molecule has 2 bridgehead atoms. The van der Waals surface area contributed by atoms with Crippen LogP contribution < -0.4 is 0 Å². The van der Waals surface area contributed by atoms with Crippen molar-refractivity contribution in [3.05, 3.63) is 81.9 Å².